The Morgan fingerprint density at radius 3 is 2.24 bits per heavy atom. The van der Waals surface area contributed by atoms with Crippen LogP contribution in [0, 0.1) is 0 Å². The molecule has 1 aliphatic rings. The Kier molecular flexibility index (Phi) is 14.8. The van der Waals surface area contributed by atoms with Crippen LogP contribution in [-0.2, 0) is 4.79 Å². The van der Waals surface area contributed by atoms with Crippen molar-refractivity contribution in [2.24, 2.45) is 4.99 Å². The zero-order chi connectivity index (χ0) is 21.2. The minimum atomic E-state index is 0.0673. The number of hydrogen-bond donors (Lipinski definition) is 1. The van der Waals surface area contributed by atoms with Crippen LogP contribution in [-0.4, -0.2) is 48.9 Å². The van der Waals surface area contributed by atoms with E-state index in [1.807, 2.05) is 0 Å². The van der Waals surface area contributed by atoms with E-state index in [0.29, 0.717) is 6.17 Å². The van der Waals surface area contributed by atoms with Gasteiger partial charge in [0.05, 0.1) is 25.8 Å². The maximum Gasteiger partial charge on any atom is 0.217 e. The van der Waals surface area contributed by atoms with E-state index in [-0.39, 0.29) is 5.91 Å². The van der Waals surface area contributed by atoms with Crippen molar-refractivity contribution in [1.29, 1.82) is 0 Å². The highest BCUT2D eigenvalue weighted by Gasteiger charge is 2.37. The highest BCUT2D eigenvalue weighted by molar-refractivity contribution is 5.72. The lowest BCUT2D eigenvalue weighted by Crippen LogP contribution is -2.55. The molecule has 1 amide bonds. The van der Waals surface area contributed by atoms with E-state index in [1.54, 1.807) is 6.92 Å². The van der Waals surface area contributed by atoms with Gasteiger partial charge in [-0.3, -0.25) is 9.28 Å². The van der Waals surface area contributed by atoms with Gasteiger partial charge in [-0.1, -0.05) is 64.0 Å². The van der Waals surface area contributed by atoms with Crippen LogP contribution >= 0.6 is 0 Å². The lowest BCUT2D eigenvalue weighted by atomic mass is 10.1. The van der Waals surface area contributed by atoms with Gasteiger partial charge in [0.25, 0.3) is 0 Å². The molecule has 168 valence electrons. The monoisotopic (exact) mass is 406 g/mol. The number of hydrogen-bond acceptors (Lipinski definition) is 2. The van der Waals surface area contributed by atoms with Gasteiger partial charge in [-0.2, -0.15) is 0 Å². The number of aliphatic imine (C=N–C) groups is 1. The Labute approximate surface area is 180 Å². The molecule has 0 aliphatic carbocycles. The summed E-state index contributed by atoms with van der Waals surface area (Å²) in [6.07, 6.45) is 24.5. The number of allylic oxidation sites excluding steroid dienone is 2. The van der Waals surface area contributed by atoms with Gasteiger partial charge in [0, 0.05) is 13.3 Å². The lowest BCUT2D eigenvalue weighted by molar-refractivity contribution is -0.935. The van der Waals surface area contributed by atoms with Crippen molar-refractivity contribution in [3.8, 4) is 0 Å². The summed E-state index contributed by atoms with van der Waals surface area (Å²) in [5.74, 6) is 0.0673. The maximum atomic E-state index is 11.2. The number of quaternary nitrogens is 1. The quantitative estimate of drug-likeness (QED) is 0.169. The minimum absolute atomic E-state index is 0.0673. The third kappa shape index (κ3) is 11.6. The Morgan fingerprint density at radius 1 is 1.00 bits per heavy atom. The summed E-state index contributed by atoms with van der Waals surface area (Å²) >= 11 is 0. The first-order valence-electron chi connectivity index (χ1n) is 12.4. The van der Waals surface area contributed by atoms with Gasteiger partial charge in [0.1, 0.15) is 6.54 Å². The van der Waals surface area contributed by atoms with E-state index < -0.39 is 0 Å². The number of nitrogens with one attached hydrogen (secondary N) is 1. The molecular formula is C25H48N3O+. The number of unbranched alkanes of at least 4 members (excludes halogenated alkanes) is 10. The van der Waals surface area contributed by atoms with Gasteiger partial charge in [-0.25, -0.2) is 4.99 Å². The van der Waals surface area contributed by atoms with Crippen LogP contribution in [0.1, 0.15) is 104 Å². The molecule has 1 rings (SSSR count). The second-order valence-electron chi connectivity index (χ2n) is 8.76. The zero-order valence-corrected chi connectivity index (χ0v) is 19.6. The first-order valence-corrected chi connectivity index (χ1v) is 12.4. The summed E-state index contributed by atoms with van der Waals surface area (Å²) < 4.78 is 1.02. The fourth-order valence-corrected chi connectivity index (χ4v) is 4.36. The molecule has 0 aromatic carbocycles. The Hall–Kier alpha value is -1.16. The van der Waals surface area contributed by atoms with Gasteiger partial charge in [0.2, 0.25) is 5.91 Å². The standard InChI is InChI=1S/C25H47N3O/c1-4-6-7-8-9-10-11-12-13-14-15-16-17-18-19-25-27-21-23-28(25,5-2)22-20-26-24(3)29/h11-12,21,25H,4-10,13-20,22-23H2,1-3H3/p+1/b12-11+. The van der Waals surface area contributed by atoms with E-state index in [0.717, 1.165) is 30.7 Å². The fraction of sp³-hybridized carbons (Fsp3) is 0.840. The SMILES string of the molecule is CCCCCCC/C=C/CCCCCCCC1N=CC[N+]1(CC)CCNC(C)=O. The van der Waals surface area contributed by atoms with Crippen LogP contribution in [0.25, 0.3) is 0 Å². The second-order valence-corrected chi connectivity index (χ2v) is 8.76. The predicted molar refractivity (Wildman–Crippen MR) is 126 cm³/mol. The largest absolute Gasteiger partial charge is 0.351 e. The van der Waals surface area contributed by atoms with Crippen LogP contribution in [0.4, 0.5) is 0 Å². The molecule has 0 aromatic rings. The topological polar surface area (TPSA) is 41.5 Å². The molecule has 0 fully saturated rings. The van der Waals surface area contributed by atoms with Crippen molar-refractivity contribution in [3.63, 3.8) is 0 Å². The Bertz CT molecular complexity index is 475. The fourth-order valence-electron chi connectivity index (χ4n) is 4.36. The first kappa shape index (κ1) is 25.9. The smallest absolute Gasteiger partial charge is 0.217 e. The van der Waals surface area contributed by atoms with Crippen molar-refractivity contribution in [2.75, 3.05) is 26.2 Å². The van der Waals surface area contributed by atoms with E-state index in [9.17, 15) is 4.79 Å². The van der Waals surface area contributed by atoms with Crippen LogP contribution in [0.5, 0.6) is 0 Å². The summed E-state index contributed by atoms with van der Waals surface area (Å²) in [5.41, 5.74) is 0. The van der Waals surface area contributed by atoms with Crippen LogP contribution < -0.4 is 5.32 Å². The molecule has 1 N–H and O–H groups in total. The first-order chi connectivity index (χ1) is 14.1. The highest BCUT2D eigenvalue weighted by atomic mass is 16.1. The number of rotatable bonds is 18. The number of nitrogens with zero attached hydrogens (tertiary/aromatic N) is 2. The number of amides is 1. The molecule has 2 atom stereocenters. The maximum absolute atomic E-state index is 11.2. The van der Waals surface area contributed by atoms with Crippen LogP contribution in [0.15, 0.2) is 17.1 Å². The molecule has 1 aliphatic heterocycles. The molecule has 1 heterocycles. The third-order valence-corrected chi connectivity index (χ3v) is 6.39. The average molecular weight is 407 g/mol. The normalized spacial score (nSPS) is 21.3. The molecule has 0 saturated carbocycles. The van der Waals surface area contributed by atoms with E-state index in [2.05, 4.69) is 37.5 Å². The molecule has 0 saturated heterocycles. The summed E-state index contributed by atoms with van der Waals surface area (Å²) in [4.78, 5) is 15.9. The third-order valence-electron chi connectivity index (χ3n) is 6.39. The van der Waals surface area contributed by atoms with Gasteiger partial charge in [0.15, 0.2) is 6.17 Å². The average Bonchev–Trinajstić information content (AvgIpc) is 3.11. The van der Waals surface area contributed by atoms with E-state index >= 15 is 0 Å². The van der Waals surface area contributed by atoms with E-state index in [4.69, 9.17) is 4.99 Å². The summed E-state index contributed by atoms with van der Waals surface area (Å²) in [5, 5.41) is 2.96. The van der Waals surface area contributed by atoms with Crippen molar-refractivity contribution < 1.29 is 9.28 Å². The molecule has 0 radical (unpaired) electrons. The Balaban J connectivity index is 2.04. The van der Waals surface area contributed by atoms with Crippen molar-refractivity contribution >= 4 is 12.1 Å². The molecule has 0 bridgehead atoms. The lowest BCUT2D eigenvalue weighted by Gasteiger charge is -2.38. The van der Waals surface area contributed by atoms with Gasteiger partial charge in [-0.05, 0) is 39.0 Å². The molecule has 4 heteroatoms. The zero-order valence-electron chi connectivity index (χ0n) is 19.6. The minimum Gasteiger partial charge on any atom is -0.351 e. The van der Waals surface area contributed by atoms with Crippen LogP contribution in [0.2, 0.25) is 0 Å². The molecular weight excluding hydrogens is 358 g/mol. The summed E-state index contributed by atoms with van der Waals surface area (Å²) in [6, 6.07) is 0. The van der Waals surface area contributed by atoms with Gasteiger partial charge >= 0.3 is 0 Å². The molecule has 4 nitrogen and oxygen atoms in total. The number of likely N-dealkylation sites (N-methyl/N-ethyl adjacent to an activating group) is 1. The van der Waals surface area contributed by atoms with Crippen molar-refractivity contribution in [3.05, 3.63) is 12.2 Å². The van der Waals surface area contributed by atoms with Crippen molar-refractivity contribution in [2.45, 2.75) is 110 Å². The number of carbonyl (C=O) groups excluding carboxylic acids is 1. The van der Waals surface area contributed by atoms with Gasteiger partial charge in [-0.15, -0.1) is 0 Å². The van der Waals surface area contributed by atoms with E-state index in [1.165, 1.54) is 83.5 Å². The summed E-state index contributed by atoms with van der Waals surface area (Å²) in [6.45, 7) is 9.99. The molecule has 29 heavy (non-hydrogen) atoms. The number of carbonyl (C=O) groups is 1. The highest BCUT2D eigenvalue weighted by Crippen LogP contribution is 2.24. The molecule has 0 spiro atoms. The predicted octanol–water partition coefficient (Wildman–Crippen LogP) is 6.02. The Morgan fingerprint density at radius 2 is 1.62 bits per heavy atom. The van der Waals surface area contributed by atoms with Crippen molar-refractivity contribution in [1.82, 2.24) is 5.32 Å². The van der Waals surface area contributed by atoms with Gasteiger partial charge < -0.3 is 5.32 Å². The molecule has 2 unspecified atom stereocenters. The second kappa shape index (κ2) is 16.6. The summed E-state index contributed by atoms with van der Waals surface area (Å²) in [7, 11) is 0. The van der Waals surface area contributed by atoms with Crippen LogP contribution in [0.3, 0.4) is 0 Å². The molecule has 0 aromatic heterocycles.